The van der Waals surface area contributed by atoms with Gasteiger partial charge in [-0.2, -0.15) is 5.10 Å². The Morgan fingerprint density at radius 3 is 2.63 bits per heavy atom. The molecule has 0 unspecified atom stereocenters. The second kappa shape index (κ2) is 10.4. The van der Waals surface area contributed by atoms with E-state index in [0.717, 1.165) is 4.90 Å². The quantitative estimate of drug-likeness (QED) is 0.377. The van der Waals surface area contributed by atoms with Gasteiger partial charge in [0.25, 0.3) is 5.91 Å². The van der Waals surface area contributed by atoms with Crippen molar-refractivity contribution in [2.45, 2.75) is 4.90 Å². The summed E-state index contributed by atoms with van der Waals surface area (Å²) in [6.07, 6.45) is 1.48. The van der Waals surface area contributed by atoms with Crippen LogP contribution in [-0.2, 0) is 9.59 Å². The van der Waals surface area contributed by atoms with Gasteiger partial charge in [-0.1, -0.05) is 11.6 Å². The molecule has 0 aromatic heterocycles. The summed E-state index contributed by atoms with van der Waals surface area (Å²) in [5.74, 6) is 0.213. The standard InChI is InChI=1S/C18H18ClN3O4S/c1-25-16-8-12(2-7-15(16)26-10-17(20)23)9-21-22-18(24)11-27-14-5-3-13(19)4-6-14/h2-9H,10-11H2,1H3,(H2,20,23)(H,22,24)/b21-9+. The number of methoxy groups -OCH3 is 1. The maximum Gasteiger partial charge on any atom is 0.255 e. The van der Waals surface area contributed by atoms with Crippen LogP contribution < -0.4 is 20.6 Å². The fourth-order valence-corrected chi connectivity index (χ4v) is 2.74. The maximum atomic E-state index is 11.8. The van der Waals surface area contributed by atoms with Gasteiger partial charge in [-0.3, -0.25) is 9.59 Å². The zero-order valence-electron chi connectivity index (χ0n) is 14.5. The molecule has 0 atom stereocenters. The number of nitrogens with one attached hydrogen (secondary N) is 1. The molecule has 0 aliphatic carbocycles. The zero-order valence-corrected chi connectivity index (χ0v) is 16.0. The number of ether oxygens (including phenoxy) is 2. The van der Waals surface area contributed by atoms with E-state index in [1.54, 1.807) is 30.3 Å². The molecule has 0 saturated heterocycles. The summed E-state index contributed by atoms with van der Waals surface area (Å²) in [7, 11) is 1.48. The van der Waals surface area contributed by atoms with Gasteiger partial charge in [0.15, 0.2) is 18.1 Å². The number of thioether (sulfide) groups is 1. The molecule has 0 spiro atoms. The average molecular weight is 408 g/mol. The largest absolute Gasteiger partial charge is 0.493 e. The minimum atomic E-state index is -0.582. The van der Waals surface area contributed by atoms with Crippen molar-refractivity contribution < 1.29 is 19.1 Å². The number of carbonyl (C=O) groups excluding carboxylic acids is 2. The highest BCUT2D eigenvalue weighted by Gasteiger charge is 2.07. The second-order valence-corrected chi connectivity index (χ2v) is 6.69. The van der Waals surface area contributed by atoms with Crippen molar-refractivity contribution in [3.05, 3.63) is 53.1 Å². The molecule has 0 aliphatic heterocycles. The van der Waals surface area contributed by atoms with Crippen LogP contribution in [-0.4, -0.2) is 37.5 Å². The molecule has 0 bridgehead atoms. The van der Waals surface area contributed by atoms with Gasteiger partial charge >= 0.3 is 0 Å². The van der Waals surface area contributed by atoms with Crippen LogP contribution in [0.1, 0.15) is 5.56 Å². The summed E-state index contributed by atoms with van der Waals surface area (Å²) < 4.78 is 10.4. The number of halogens is 1. The van der Waals surface area contributed by atoms with E-state index in [0.29, 0.717) is 22.1 Å². The van der Waals surface area contributed by atoms with Crippen molar-refractivity contribution in [2.24, 2.45) is 10.8 Å². The third-order valence-corrected chi connectivity index (χ3v) is 4.41. The predicted octanol–water partition coefficient (Wildman–Crippen LogP) is 2.46. The van der Waals surface area contributed by atoms with Gasteiger partial charge in [-0.25, -0.2) is 5.43 Å². The Bertz CT molecular complexity index is 828. The lowest BCUT2D eigenvalue weighted by Crippen LogP contribution is -2.20. The first-order valence-corrected chi connectivity index (χ1v) is 9.13. The van der Waals surface area contributed by atoms with Crippen molar-refractivity contribution in [1.82, 2.24) is 5.43 Å². The van der Waals surface area contributed by atoms with Gasteiger partial charge in [0, 0.05) is 9.92 Å². The number of nitrogens with two attached hydrogens (primary N) is 1. The van der Waals surface area contributed by atoms with E-state index in [1.165, 1.54) is 25.1 Å². The van der Waals surface area contributed by atoms with Crippen molar-refractivity contribution in [2.75, 3.05) is 19.5 Å². The minimum absolute atomic E-state index is 0.224. The number of hydrogen-bond acceptors (Lipinski definition) is 6. The van der Waals surface area contributed by atoms with Gasteiger partial charge in [-0.05, 0) is 48.0 Å². The van der Waals surface area contributed by atoms with Crippen LogP contribution in [0.25, 0.3) is 0 Å². The van der Waals surface area contributed by atoms with Crippen LogP contribution in [0.2, 0.25) is 5.02 Å². The number of hydrogen-bond donors (Lipinski definition) is 2. The molecule has 2 rings (SSSR count). The molecule has 2 amide bonds. The number of hydrazone groups is 1. The number of carbonyl (C=O) groups is 2. The molecule has 9 heteroatoms. The van der Waals surface area contributed by atoms with Gasteiger partial charge < -0.3 is 15.2 Å². The third kappa shape index (κ3) is 7.20. The van der Waals surface area contributed by atoms with Crippen LogP contribution in [0.3, 0.4) is 0 Å². The molecular formula is C18H18ClN3O4S. The highest BCUT2D eigenvalue weighted by atomic mass is 35.5. The van der Waals surface area contributed by atoms with E-state index in [9.17, 15) is 9.59 Å². The summed E-state index contributed by atoms with van der Waals surface area (Å²) >= 11 is 7.20. The van der Waals surface area contributed by atoms with E-state index < -0.39 is 5.91 Å². The minimum Gasteiger partial charge on any atom is -0.493 e. The maximum absolute atomic E-state index is 11.8. The van der Waals surface area contributed by atoms with Gasteiger partial charge in [0.05, 0.1) is 19.1 Å². The third-order valence-electron chi connectivity index (χ3n) is 3.14. The summed E-state index contributed by atoms with van der Waals surface area (Å²) in [5.41, 5.74) is 8.19. The van der Waals surface area contributed by atoms with Crippen LogP contribution >= 0.6 is 23.4 Å². The highest BCUT2D eigenvalue weighted by Crippen LogP contribution is 2.27. The van der Waals surface area contributed by atoms with Gasteiger partial charge in [-0.15, -0.1) is 11.8 Å². The second-order valence-electron chi connectivity index (χ2n) is 5.20. The molecule has 0 aliphatic rings. The lowest BCUT2D eigenvalue weighted by atomic mass is 10.2. The first-order valence-electron chi connectivity index (χ1n) is 7.77. The average Bonchev–Trinajstić information content (AvgIpc) is 2.66. The van der Waals surface area contributed by atoms with Crippen molar-refractivity contribution >= 4 is 41.4 Å². The summed E-state index contributed by atoms with van der Waals surface area (Å²) in [4.78, 5) is 23.6. The molecule has 0 fully saturated rings. The monoisotopic (exact) mass is 407 g/mol. The lowest BCUT2D eigenvalue weighted by Gasteiger charge is -2.09. The molecule has 0 radical (unpaired) electrons. The molecule has 27 heavy (non-hydrogen) atoms. The normalized spacial score (nSPS) is 10.6. The first-order chi connectivity index (χ1) is 13.0. The Kier molecular flexibility index (Phi) is 7.97. The van der Waals surface area contributed by atoms with Crippen LogP contribution in [0.4, 0.5) is 0 Å². The first kappa shape index (κ1) is 20.6. The van der Waals surface area contributed by atoms with Gasteiger partial charge in [0.1, 0.15) is 0 Å². The summed E-state index contributed by atoms with van der Waals surface area (Å²) in [6.45, 7) is -0.245. The highest BCUT2D eigenvalue weighted by molar-refractivity contribution is 8.00. The molecule has 7 nitrogen and oxygen atoms in total. The van der Waals surface area contributed by atoms with E-state index in [4.69, 9.17) is 26.8 Å². The molecule has 2 aromatic carbocycles. The molecule has 2 aromatic rings. The number of amides is 2. The van der Waals surface area contributed by atoms with Gasteiger partial charge in [0.2, 0.25) is 5.91 Å². The zero-order chi connectivity index (χ0) is 19.6. The topological polar surface area (TPSA) is 103 Å². The molecule has 0 saturated carbocycles. The number of rotatable bonds is 9. The number of nitrogens with zero attached hydrogens (tertiary/aromatic N) is 1. The van der Waals surface area contributed by atoms with Crippen molar-refractivity contribution in [1.29, 1.82) is 0 Å². The van der Waals surface area contributed by atoms with E-state index in [1.807, 2.05) is 12.1 Å². The fraction of sp³-hybridized carbons (Fsp3) is 0.167. The SMILES string of the molecule is COc1cc(/C=N/NC(=O)CSc2ccc(Cl)cc2)ccc1OCC(N)=O. The molecule has 0 heterocycles. The smallest absolute Gasteiger partial charge is 0.255 e. The summed E-state index contributed by atoms with van der Waals surface area (Å²) in [6, 6.07) is 12.2. The Morgan fingerprint density at radius 1 is 1.22 bits per heavy atom. The van der Waals surface area contributed by atoms with Crippen molar-refractivity contribution in [3.8, 4) is 11.5 Å². The summed E-state index contributed by atoms with van der Waals surface area (Å²) in [5, 5.41) is 4.57. The Balaban J connectivity index is 1.86. The Labute approximate surface area is 165 Å². The van der Waals surface area contributed by atoms with E-state index in [2.05, 4.69) is 10.5 Å². The lowest BCUT2D eigenvalue weighted by molar-refractivity contribution is -0.120. The predicted molar refractivity (Wildman–Crippen MR) is 106 cm³/mol. The molecule has 142 valence electrons. The van der Waals surface area contributed by atoms with E-state index >= 15 is 0 Å². The Morgan fingerprint density at radius 2 is 1.96 bits per heavy atom. The Hall–Kier alpha value is -2.71. The van der Waals surface area contributed by atoms with Crippen molar-refractivity contribution in [3.63, 3.8) is 0 Å². The number of benzene rings is 2. The van der Waals surface area contributed by atoms with E-state index in [-0.39, 0.29) is 18.3 Å². The molecular weight excluding hydrogens is 390 g/mol. The fourth-order valence-electron chi connectivity index (χ4n) is 1.92. The van der Waals surface area contributed by atoms with Crippen LogP contribution in [0.15, 0.2) is 52.5 Å². The molecule has 3 N–H and O–H groups in total. The number of primary amides is 1. The van der Waals surface area contributed by atoms with Crippen LogP contribution in [0, 0.1) is 0 Å². The van der Waals surface area contributed by atoms with Crippen LogP contribution in [0.5, 0.6) is 11.5 Å².